The molecule has 0 radical (unpaired) electrons. The number of pyridine rings is 1. The van der Waals surface area contributed by atoms with Crippen molar-refractivity contribution in [1.82, 2.24) is 19.7 Å². The monoisotopic (exact) mass is 395 g/mol. The summed E-state index contributed by atoms with van der Waals surface area (Å²) in [6.07, 6.45) is 2.58. The molecule has 0 saturated heterocycles. The minimum Gasteiger partial charge on any atom is -0.328 e. The number of amides is 1. The molecule has 1 amide bonds. The second-order valence-corrected chi connectivity index (χ2v) is 6.64. The van der Waals surface area contributed by atoms with Crippen LogP contribution in [0.3, 0.4) is 0 Å². The SMILES string of the molecule is [2H]C1([2H])c2ncccc2C(=O)N1Cc1ccc(-c2ccc(F)c3nn(C([2H])([2H])[2H])cc23)cc1F. The summed E-state index contributed by atoms with van der Waals surface area (Å²) in [7, 11) is 0. The molecule has 0 atom stereocenters. The maximum atomic E-state index is 15.1. The molecule has 5 rings (SSSR count). The Hall–Kier alpha value is -3.61. The summed E-state index contributed by atoms with van der Waals surface area (Å²) in [6, 6.07) is 9.67. The van der Waals surface area contributed by atoms with Crippen LogP contribution in [0.1, 0.15) is 28.5 Å². The fraction of sp³-hybridized carbons (Fsp3) is 0.136. The van der Waals surface area contributed by atoms with Crippen molar-refractivity contribution in [3.05, 3.63) is 83.3 Å². The predicted molar refractivity (Wildman–Crippen MR) is 104 cm³/mol. The van der Waals surface area contributed by atoms with E-state index in [0.717, 1.165) is 11.0 Å². The highest BCUT2D eigenvalue weighted by Gasteiger charge is 2.28. The van der Waals surface area contributed by atoms with Crippen LogP contribution in [0.15, 0.2) is 54.9 Å². The quantitative estimate of drug-likeness (QED) is 0.525. The average Bonchev–Trinajstić information content (AvgIpc) is 3.31. The van der Waals surface area contributed by atoms with Crippen molar-refractivity contribution >= 4 is 16.8 Å². The van der Waals surface area contributed by atoms with E-state index in [2.05, 4.69) is 10.1 Å². The number of aromatic nitrogens is 3. The number of carbonyl (C=O) groups excluding carboxylic acids is 1. The molecule has 0 saturated carbocycles. The topological polar surface area (TPSA) is 51.0 Å². The number of hydrogen-bond acceptors (Lipinski definition) is 3. The lowest BCUT2D eigenvalue weighted by Gasteiger charge is -2.16. The van der Waals surface area contributed by atoms with Gasteiger partial charge in [-0.15, -0.1) is 0 Å². The number of rotatable bonds is 3. The van der Waals surface area contributed by atoms with E-state index in [9.17, 15) is 9.18 Å². The summed E-state index contributed by atoms with van der Waals surface area (Å²) >= 11 is 0. The summed E-state index contributed by atoms with van der Waals surface area (Å²) in [5.41, 5.74) is 0.754. The number of aryl methyl sites for hydroxylation is 1. The highest BCUT2D eigenvalue weighted by atomic mass is 19.1. The average molecular weight is 395 g/mol. The molecule has 7 heteroatoms. The largest absolute Gasteiger partial charge is 0.328 e. The lowest BCUT2D eigenvalue weighted by Crippen LogP contribution is -2.23. The number of fused-ring (bicyclic) bond motifs is 2. The first kappa shape index (κ1) is 12.8. The first-order chi connectivity index (χ1) is 16.0. The molecule has 1 aliphatic rings. The molecule has 0 unspecified atom stereocenters. The Morgan fingerprint density at radius 2 is 2.07 bits per heavy atom. The van der Waals surface area contributed by atoms with Gasteiger partial charge in [-0.05, 0) is 35.4 Å². The molecule has 3 heterocycles. The molecule has 0 bridgehead atoms. The van der Waals surface area contributed by atoms with Gasteiger partial charge in [-0.2, -0.15) is 5.10 Å². The number of benzene rings is 2. The van der Waals surface area contributed by atoms with Gasteiger partial charge in [-0.1, -0.05) is 18.2 Å². The van der Waals surface area contributed by atoms with Crippen LogP contribution in [0.4, 0.5) is 8.78 Å². The lowest BCUT2D eigenvalue weighted by atomic mass is 10.00. The van der Waals surface area contributed by atoms with Crippen LogP contribution in [-0.4, -0.2) is 25.6 Å². The van der Waals surface area contributed by atoms with Crippen LogP contribution >= 0.6 is 0 Å². The fourth-order valence-corrected chi connectivity index (χ4v) is 3.44. The summed E-state index contributed by atoms with van der Waals surface area (Å²) < 4.78 is 69.2. The van der Waals surface area contributed by atoms with Gasteiger partial charge < -0.3 is 4.90 Å². The molecule has 0 N–H and O–H groups in total. The summed E-state index contributed by atoms with van der Waals surface area (Å²) in [5, 5.41) is 4.02. The number of nitrogens with zero attached hydrogens (tertiary/aromatic N) is 4. The molecule has 5 nitrogen and oxygen atoms in total. The van der Waals surface area contributed by atoms with Crippen LogP contribution in [0.25, 0.3) is 22.0 Å². The van der Waals surface area contributed by atoms with E-state index in [-0.39, 0.29) is 34.3 Å². The minimum absolute atomic E-state index is 0.0167. The van der Waals surface area contributed by atoms with Crippen molar-refractivity contribution in [3.63, 3.8) is 0 Å². The van der Waals surface area contributed by atoms with E-state index in [1.54, 1.807) is 6.07 Å². The van der Waals surface area contributed by atoms with Crippen LogP contribution in [0.2, 0.25) is 0 Å². The highest BCUT2D eigenvalue weighted by molar-refractivity contribution is 5.97. The molecule has 2 aromatic heterocycles. The van der Waals surface area contributed by atoms with Crippen molar-refractivity contribution < 1.29 is 20.4 Å². The van der Waals surface area contributed by atoms with Crippen molar-refractivity contribution in [2.75, 3.05) is 0 Å². The van der Waals surface area contributed by atoms with Gasteiger partial charge in [0, 0.05) is 41.0 Å². The predicted octanol–water partition coefficient (Wildman–Crippen LogP) is 4.07. The number of halogens is 2. The highest BCUT2D eigenvalue weighted by Crippen LogP contribution is 2.31. The normalized spacial score (nSPS) is 18.1. The molecule has 144 valence electrons. The van der Waals surface area contributed by atoms with E-state index in [4.69, 9.17) is 6.85 Å². The Morgan fingerprint density at radius 1 is 1.17 bits per heavy atom. The first-order valence-corrected chi connectivity index (χ1v) is 8.73. The summed E-state index contributed by atoms with van der Waals surface area (Å²) in [4.78, 5) is 17.6. The lowest BCUT2D eigenvalue weighted by molar-refractivity contribution is 0.0765. The van der Waals surface area contributed by atoms with Gasteiger partial charge in [0.2, 0.25) is 0 Å². The second-order valence-electron chi connectivity index (χ2n) is 6.64. The smallest absolute Gasteiger partial charge is 0.256 e. The van der Waals surface area contributed by atoms with Crippen molar-refractivity contribution in [1.29, 1.82) is 0 Å². The zero-order chi connectivity index (χ0) is 24.4. The van der Waals surface area contributed by atoms with E-state index in [1.165, 1.54) is 42.7 Å². The molecular formula is C22H16F2N4O. The van der Waals surface area contributed by atoms with Crippen molar-refractivity contribution in [3.8, 4) is 11.1 Å². The fourth-order valence-electron chi connectivity index (χ4n) is 3.44. The minimum atomic E-state index is -2.61. The molecule has 29 heavy (non-hydrogen) atoms. The zero-order valence-corrected chi connectivity index (χ0v) is 14.9. The van der Waals surface area contributed by atoms with Crippen LogP contribution < -0.4 is 0 Å². The van der Waals surface area contributed by atoms with E-state index in [0.29, 0.717) is 15.8 Å². The van der Waals surface area contributed by atoms with Crippen LogP contribution in [0.5, 0.6) is 0 Å². The van der Waals surface area contributed by atoms with E-state index < -0.39 is 31.0 Å². The Morgan fingerprint density at radius 3 is 2.86 bits per heavy atom. The third-order valence-corrected chi connectivity index (χ3v) is 4.84. The Kier molecular flexibility index (Phi) is 2.85. The maximum absolute atomic E-state index is 15.1. The van der Waals surface area contributed by atoms with Crippen molar-refractivity contribution in [2.45, 2.75) is 13.0 Å². The van der Waals surface area contributed by atoms with Crippen LogP contribution in [0, 0.1) is 11.6 Å². The second kappa shape index (κ2) is 6.48. The molecular weight excluding hydrogens is 374 g/mol. The van der Waals surface area contributed by atoms with Gasteiger partial charge in [0.25, 0.3) is 5.91 Å². The standard InChI is InChI=1S/C22H16F2N4O/c1-27-11-17-15(6-7-18(23)21(17)26-27)13-4-5-14(19(24)9-13)10-28-12-20-16(22(28)29)3-2-8-25-20/h2-9,11H,10,12H2,1H3/i1D3,12D2. The van der Waals surface area contributed by atoms with Gasteiger partial charge in [-0.25, -0.2) is 8.78 Å². The van der Waals surface area contributed by atoms with Crippen molar-refractivity contribution in [2.24, 2.45) is 6.98 Å². The Bertz CT molecular complexity index is 1470. The summed E-state index contributed by atoms with van der Waals surface area (Å²) in [6.45, 7) is -5.14. The molecule has 0 spiro atoms. The summed E-state index contributed by atoms with van der Waals surface area (Å²) in [5.74, 6) is -2.00. The zero-order valence-electron chi connectivity index (χ0n) is 19.9. The maximum Gasteiger partial charge on any atom is 0.256 e. The van der Waals surface area contributed by atoms with E-state index in [1.807, 2.05) is 0 Å². The first-order valence-electron chi connectivity index (χ1n) is 11.2. The van der Waals surface area contributed by atoms with Crippen LogP contribution in [-0.2, 0) is 20.0 Å². The van der Waals surface area contributed by atoms with Gasteiger partial charge in [-0.3, -0.25) is 14.5 Å². The molecule has 2 aromatic carbocycles. The Balaban J connectivity index is 1.51. The van der Waals surface area contributed by atoms with Gasteiger partial charge in [0.15, 0.2) is 5.82 Å². The third-order valence-electron chi connectivity index (χ3n) is 4.84. The third kappa shape index (κ3) is 2.86. The Labute approximate surface area is 172 Å². The van der Waals surface area contributed by atoms with E-state index >= 15 is 4.39 Å². The van der Waals surface area contributed by atoms with Gasteiger partial charge in [0.1, 0.15) is 11.3 Å². The molecule has 0 fully saturated rings. The molecule has 0 aliphatic carbocycles. The number of carbonyl (C=O) groups is 1. The molecule has 1 aliphatic heterocycles. The van der Waals surface area contributed by atoms with Gasteiger partial charge in [0.05, 0.1) is 20.5 Å². The molecule has 4 aromatic rings. The van der Waals surface area contributed by atoms with Gasteiger partial charge >= 0.3 is 0 Å². The number of hydrogen-bond donors (Lipinski definition) is 0.